The van der Waals surface area contributed by atoms with Gasteiger partial charge in [0.25, 0.3) is 0 Å². The SMILES string of the molecule is CC(CC(CC(C)C(C)(C)C)C(C)(C)C)OC(=O)C(C)(CC(C)(C)C)C(C)C. The van der Waals surface area contributed by atoms with E-state index in [0.717, 1.165) is 12.8 Å². The van der Waals surface area contributed by atoms with Crippen LogP contribution in [0.3, 0.4) is 0 Å². The molecule has 0 spiro atoms. The van der Waals surface area contributed by atoms with Crippen LogP contribution in [0.5, 0.6) is 0 Å². The Morgan fingerprint density at radius 1 is 0.750 bits per heavy atom. The molecule has 2 heteroatoms. The van der Waals surface area contributed by atoms with E-state index in [-0.39, 0.29) is 28.8 Å². The van der Waals surface area contributed by atoms with Crippen molar-refractivity contribution in [2.75, 3.05) is 0 Å². The molecule has 168 valence electrons. The Hall–Kier alpha value is -0.530. The number of ether oxygens (including phenoxy) is 1. The van der Waals surface area contributed by atoms with E-state index in [1.807, 2.05) is 0 Å². The Bertz CT molecular complexity index is 484. The molecule has 0 aliphatic heterocycles. The second-order valence-electron chi connectivity index (χ2n) is 13.3. The van der Waals surface area contributed by atoms with Gasteiger partial charge in [-0.3, -0.25) is 4.79 Å². The molecule has 0 radical (unpaired) electrons. The van der Waals surface area contributed by atoms with Crippen LogP contribution in [0, 0.1) is 39.4 Å². The van der Waals surface area contributed by atoms with Gasteiger partial charge in [-0.2, -0.15) is 0 Å². The largest absolute Gasteiger partial charge is 0.462 e. The summed E-state index contributed by atoms with van der Waals surface area (Å²) >= 11 is 0. The molecule has 4 atom stereocenters. The van der Waals surface area contributed by atoms with Crippen molar-refractivity contribution in [3.63, 3.8) is 0 Å². The summed E-state index contributed by atoms with van der Waals surface area (Å²) in [7, 11) is 0. The van der Waals surface area contributed by atoms with Crippen LogP contribution in [0.25, 0.3) is 0 Å². The van der Waals surface area contributed by atoms with Crippen LogP contribution in [0.1, 0.15) is 116 Å². The van der Waals surface area contributed by atoms with Gasteiger partial charge < -0.3 is 4.74 Å². The van der Waals surface area contributed by atoms with Gasteiger partial charge in [0.05, 0.1) is 11.5 Å². The standard InChI is InChI=1S/C26H52O2/c1-18(2)26(14,17-23(5,6)7)22(27)28-20(4)16-21(25(11,12)13)15-19(3)24(8,9)10/h18-21H,15-17H2,1-14H3. The van der Waals surface area contributed by atoms with Crippen molar-refractivity contribution in [1.29, 1.82) is 0 Å². The Kier molecular flexibility index (Phi) is 9.34. The van der Waals surface area contributed by atoms with E-state index >= 15 is 0 Å². The van der Waals surface area contributed by atoms with E-state index in [1.165, 1.54) is 6.42 Å². The fraction of sp³-hybridized carbons (Fsp3) is 0.962. The van der Waals surface area contributed by atoms with Crippen molar-refractivity contribution < 1.29 is 9.53 Å². The van der Waals surface area contributed by atoms with Gasteiger partial charge in [0.1, 0.15) is 0 Å². The van der Waals surface area contributed by atoms with Crippen LogP contribution in [0.15, 0.2) is 0 Å². The molecule has 0 heterocycles. The molecule has 0 N–H and O–H groups in total. The van der Waals surface area contributed by atoms with Gasteiger partial charge in [-0.05, 0) is 67.1 Å². The minimum Gasteiger partial charge on any atom is -0.462 e. The molecule has 0 aromatic rings. The smallest absolute Gasteiger partial charge is 0.312 e. The number of rotatable bonds is 8. The molecule has 0 saturated heterocycles. The first-order valence-corrected chi connectivity index (χ1v) is 11.4. The third kappa shape index (κ3) is 8.87. The molecule has 0 rings (SSSR count). The minimum absolute atomic E-state index is 0.0264. The third-order valence-corrected chi connectivity index (χ3v) is 6.90. The fourth-order valence-corrected chi connectivity index (χ4v) is 3.96. The maximum absolute atomic E-state index is 13.2. The summed E-state index contributed by atoms with van der Waals surface area (Å²) in [5.74, 6) is 1.38. The molecule has 0 aliphatic rings. The van der Waals surface area contributed by atoms with Gasteiger partial charge in [-0.1, -0.05) is 83.1 Å². The van der Waals surface area contributed by atoms with Crippen LogP contribution in [-0.2, 0) is 9.53 Å². The molecule has 0 bridgehead atoms. The van der Waals surface area contributed by atoms with Crippen molar-refractivity contribution in [3.05, 3.63) is 0 Å². The van der Waals surface area contributed by atoms with Gasteiger partial charge in [0.2, 0.25) is 0 Å². The number of hydrogen-bond acceptors (Lipinski definition) is 2. The molecular weight excluding hydrogens is 344 g/mol. The molecule has 0 fully saturated rings. The van der Waals surface area contributed by atoms with E-state index in [4.69, 9.17) is 4.74 Å². The molecule has 0 aliphatic carbocycles. The molecule has 0 aromatic heterocycles. The fourth-order valence-electron chi connectivity index (χ4n) is 3.96. The van der Waals surface area contributed by atoms with Crippen molar-refractivity contribution in [2.45, 2.75) is 122 Å². The zero-order valence-electron chi connectivity index (χ0n) is 21.7. The molecule has 0 amide bonds. The molecule has 28 heavy (non-hydrogen) atoms. The van der Waals surface area contributed by atoms with Gasteiger partial charge in [0.15, 0.2) is 0 Å². The lowest BCUT2D eigenvalue weighted by molar-refractivity contribution is -0.166. The Labute approximate surface area is 177 Å². The van der Waals surface area contributed by atoms with Gasteiger partial charge >= 0.3 is 5.97 Å². The number of carbonyl (C=O) groups is 1. The van der Waals surface area contributed by atoms with Crippen molar-refractivity contribution in [1.82, 2.24) is 0 Å². The highest BCUT2D eigenvalue weighted by Gasteiger charge is 2.42. The lowest BCUT2D eigenvalue weighted by atomic mass is 9.68. The maximum atomic E-state index is 13.2. The Balaban J connectivity index is 5.28. The monoisotopic (exact) mass is 396 g/mol. The average Bonchev–Trinajstić information content (AvgIpc) is 2.41. The summed E-state index contributed by atoms with van der Waals surface area (Å²) in [5.41, 5.74) is 0.152. The van der Waals surface area contributed by atoms with Gasteiger partial charge in [-0.15, -0.1) is 0 Å². The summed E-state index contributed by atoms with van der Waals surface area (Å²) in [5, 5.41) is 0. The summed E-state index contributed by atoms with van der Waals surface area (Å²) in [6.07, 6.45) is 2.88. The van der Waals surface area contributed by atoms with E-state index < -0.39 is 5.41 Å². The summed E-state index contributed by atoms with van der Waals surface area (Å²) in [6, 6.07) is 0. The first-order chi connectivity index (χ1) is 12.2. The normalized spacial score (nSPS) is 19.1. The van der Waals surface area contributed by atoms with Crippen LogP contribution in [-0.4, -0.2) is 12.1 Å². The van der Waals surface area contributed by atoms with Gasteiger partial charge in [0, 0.05) is 0 Å². The van der Waals surface area contributed by atoms with E-state index in [2.05, 4.69) is 96.9 Å². The zero-order valence-corrected chi connectivity index (χ0v) is 21.7. The molecule has 2 nitrogen and oxygen atoms in total. The first-order valence-electron chi connectivity index (χ1n) is 11.4. The quantitative estimate of drug-likeness (QED) is 0.387. The van der Waals surface area contributed by atoms with Crippen LogP contribution in [0.2, 0.25) is 0 Å². The van der Waals surface area contributed by atoms with Crippen molar-refractivity contribution in [2.24, 2.45) is 39.4 Å². The van der Waals surface area contributed by atoms with E-state index in [0.29, 0.717) is 17.3 Å². The van der Waals surface area contributed by atoms with Crippen LogP contribution >= 0.6 is 0 Å². The van der Waals surface area contributed by atoms with E-state index in [1.54, 1.807) is 0 Å². The summed E-state index contributed by atoms with van der Waals surface area (Å²) in [6.45, 7) is 31.3. The maximum Gasteiger partial charge on any atom is 0.312 e. The topological polar surface area (TPSA) is 26.3 Å². The van der Waals surface area contributed by atoms with Crippen LogP contribution < -0.4 is 0 Å². The molecule has 4 unspecified atom stereocenters. The predicted octanol–water partition coefficient (Wildman–Crippen LogP) is 8.14. The van der Waals surface area contributed by atoms with Crippen molar-refractivity contribution >= 4 is 5.97 Å². The predicted molar refractivity (Wildman–Crippen MR) is 123 cm³/mol. The van der Waals surface area contributed by atoms with E-state index in [9.17, 15) is 4.79 Å². The number of esters is 1. The lowest BCUT2D eigenvalue weighted by Gasteiger charge is -2.40. The molecule has 0 aromatic carbocycles. The molecule has 0 saturated carbocycles. The minimum atomic E-state index is -0.442. The first kappa shape index (κ1) is 27.5. The van der Waals surface area contributed by atoms with Crippen molar-refractivity contribution in [3.8, 4) is 0 Å². The third-order valence-electron chi connectivity index (χ3n) is 6.90. The number of hydrogen-bond donors (Lipinski definition) is 0. The lowest BCUT2D eigenvalue weighted by Crippen LogP contribution is -2.40. The van der Waals surface area contributed by atoms with Gasteiger partial charge in [-0.25, -0.2) is 0 Å². The summed E-state index contributed by atoms with van der Waals surface area (Å²) in [4.78, 5) is 13.2. The highest BCUT2D eigenvalue weighted by molar-refractivity contribution is 5.77. The summed E-state index contributed by atoms with van der Waals surface area (Å²) < 4.78 is 6.08. The second-order valence-corrected chi connectivity index (χ2v) is 13.3. The molecular formula is C26H52O2. The van der Waals surface area contributed by atoms with Crippen LogP contribution in [0.4, 0.5) is 0 Å². The second kappa shape index (κ2) is 9.52. The average molecular weight is 397 g/mol. The highest BCUT2D eigenvalue weighted by atomic mass is 16.5. The Morgan fingerprint density at radius 2 is 1.21 bits per heavy atom. The number of carbonyl (C=O) groups excluding carboxylic acids is 1. The zero-order chi connectivity index (χ0) is 22.7. The highest BCUT2D eigenvalue weighted by Crippen LogP contribution is 2.42. The Morgan fingerprint density at radius 3 is 1.54 bits per heavy atom.